The Labute approximate surface area is 149 Å². The molecule has 0 fully saturated rings. The topological polar surface area (TPSA) is 62.7 Å². The summed E-state index contributed by atoms with van der Waals surface area (Å²) in [6.07, 6.45) is 1.41. The number of hydroxylamine groups is 1. The number of halogens is 1. The van der Waals surface area contributed by atoms with Crippen LogP contribution in [0.15, 0.2) is 72.9 Å². The summed E-state index contributed by atoms with van der Waals surface area (Å²) in [7, 11) is 0. The monoisotopic (exact) mass is 352 g/mol. The molecular formula is C19H13ClN2O3. The summed E-state index contributed by atoms with van der Waals surface area (Å²) in [6, 6.07) is 19.5. The largest absolute Gasteiger partial charge is 0.449 e. The molecule has 1 aliphatic rings. The van der Waals surface area contributed by atoms with Crippen LogP contribution in [0.5, 0.6) is 5.88 Å². The zero-order valence-corrected chi connectivity index (χ0v) is 13.7. The van der Waals surface area contributed by atoms with Crippen LogP contribution in [0.3, 0.4) is 0 Å². The molecule has 4 rings (SSSR count). The molecule has 0 saturated carbocycles. The molecule has 3 aromatic rings. The lowest BCUT2D eigenvalue weighted by atomic mass is 9.84. The Kier molecular flexibility index (Phi) is 3.67. The minimum absolute atomic E-state index is 0.111. The summed E-state index contributed by atoms with van der Waals surface area (Å²) in [5, 5.41) is 11.4. The molecule has 6 heteroatoms. The van der Waals surface area contributed by atoms with Crippen molar-refractivity contribution in [2.24, 2.45) is 0 Å². The highest BCUT2D eigenvalue weighted by Crippen LogP contribution is 2.44. The van der Waals surface area contributed by atoms with E-state index in [1.807, 2.05) is 36.4 Å². The molecule has 2 aromatic carbocycles. The minimum Gasteiger partial charge on any atom is -0.449 e. The Morgan fingerprint density at radius 3 is 2.12 bits per heavy atom. The quantitative estimate of drug-likeness (QED) is 0.713. The number of hydrogen-bond donors (Lipinski definition) is 1. The number of nitrogens with zero attached hydrogens (tertiary/aromatic N) is 2. The number of hydrogen-bond acceptors (Lipinski definition) is 4. The van der Waals surface area contributed by atoms with Crippen molar-refractivity contribution in [2.75, 3.05) is 5.06 Å². The Hall–Kier alpha value is -2.89. The van der Waals surface area contributed by atoms with E-state index in [1.165, 1.54) is 12.3 Å². The Bertz CT molecular complexity index is 892. The molecule has 0 atom stereocenters. The lowest BCUT2D eigenvalue weighted by Crippen LogP contribution is -2.53. The van der Waals surface area contributed by atoms with Gasteiger partial charge < -0.3 is 4.74 Å². The molecule has 1 aliphatic heterocycles. The van der Waals surface area contributed by atoms with Crippen molar-refractivity contribution in [3.8, 4) is 5.88 Å². The first kappa shape index (κ1) is 15.6. The summed E-state index contributed by atoms with van der Waals surface area (Å²) in [5.74, 6) is -0.513. The van der Waals surface area contributed by atoms with Crippen LogP contribution < -0.4 is 9.80 Å². The summed E-state index contributed by atoms with van der Waals surface area (Å²) in [4.78, 5) is 17.3. The van der Waals surface area contributed by atoms with Crippen molar-refractivity contribution in [3.63, 3.8) is 0 Å². The van der Waals surface area contributed by atoms with Gasteiger partial charge in [-0.3, -0.25) is 10.0 Å². The van der Waals surface area contributed by atoms with Crippen LogP contribution in [0.4, 0.5) is 5.69 Å². The van der Waals surface area contributed by atoms with E-state index in [4.69, 9.17) is 16.3 Å². The molecule has 2 heterocycles. The summed E-state index contributed by atoms with van der Waals surface area (Å²) in [5.41, 5.74) is -0.245. The van der Waals surface area contributed by atoms with E-state index in [0.29, 0.717) is 21.2 Å². The maximum atomic E-state index is 13.2. The van der Waals surface area contributed by atoms with Gasteiger partial charge in [0.1, 0.15) is 5.69 Å². The highest BCUT2D eigenvalue weighted by atomic mass is 35.5. The number of rotatable bonds is 2. The normalized spacial score (nSPS) is 15.4. The second kappa shape index (κ2) is 5.88. The molecule has 0 radical (unpaired) electrons. The van der Waals surface area contributed by atoms with Crippen molar-refractivity contribution in [3.05, 3.63) is 89.1 Å². The third kappa shape index (κ3) is 2.36. The van der Waals surface area contributed by atoms with Gasteiger partial charge in [-0.15, -0.1) is 0 Å². The van der Waals surface area contributed by atoms with Gasteiger partial charge in [-0.25, -0.2) is 4.98 Å². The number of anilines is 1. The first-order valence-corrected chi connectivity index (χ1v) is 8.00. The van der Waals surface area contributed by atoms with E-state index in [0.717, 1.165) is 0 Å². The fourth-order valence-electron chi connectivity index (χ4n) is 2.97. The highest BCUT2D eigenvalue weighted by molar-refractivity contribution is 6.30. The summed E-state index contributed by atoms with van der Waals surface area (Å²) in [6.45, 7) is 0. The zero-order chi connectivity index (χ0) is 17.4. The van der Waals surface area contributed by atoms with E-state index >= 15 is 0 Å². The molecule has 0 spiro atoms. The van der Waals surface area contributed by atoms with Crippen molar-refractivity contribution in [1.82, 2.24) is 4.98 Å². The van der Waals surface area contributed by atoms with Crippen LogP contribution >= 0.6 is 11.6 Å². The lowest BCUT2D eigenvalue weighted by molar-refractivity contribution is -0.139. The number of aromatic nitrogens is 1. The number of pyridine rings is 1. The molecule has 0 saturated heterocycles. The van der Waals surface area contributed by atoms with Crippen molar-refractivity contribution >= 4 is 23.2 Å². The predicted molar refractivity (Wildman–Crippen MR) is 92.8 cm³/mol. The molecule has 124 valence electrons. The molecule has 0 aliphatic carbocycles. The Morgan fingerprint density at radius 2 is 1.56 bits per heavy atom. The molecular weight excluding hydrogens is 340 g/mol. The van der Waals surface area contributed by atoms with Crippen molar-refractivity contribution < 1.29 is 14.7 Å². The maximum Gasteiger partial charge on any atom is 0.304 e. The third-order valence-electron chi connectivity index (χ3n) is 4.13. The van der Waals surface area contributed by atoms with Gasteiger partial charge in [-0.1, -0.05) is 72.3 Å². The highest BCUT2D eigenvalue weighted by Gasteiger charge is 2.52. The van der Waals surface area contributed by atoms with Crippen molar-refractivity contribution in [2.45, 2.75) is 5.60 Å². The second-order valence-corrected chi connectivity index (χ2v) is 6.05. The number of carbonyl (C=O) groups is 1. The lowest BCUT2D eigenvalue weighted by Gasteiger charge is -2.39. The number of carbonyl (C=O) groups excluding carboxylic acids is 1. The van der Waals surface area contributed by atoms with Gasteiger partial charge in [0.15, 0.2) is 0 Å². The van der Waals surface area contributed by atoms with Gasteiger partial charge in [-0.2, -0.15) is 5.06 Å². The standard InChI is InChI=1S/C19H13ClN2O3/c20-15-11-16-17(21-12-15)25-19(18(23)22(16)24,13-7-3-1-4-8-13)14-9-5-2-6-10-14/h1-12,24H. The van der Waals surface area contributed by atoms with Crippen LogP contribution in [0.25, 0.3) is 0 Å². The SMILES string of the molecule is O=C1N(O)c2cc(Cl)cnc2OC1(c1ccccc1)c1ccccc1. The van der Waals surface area contributed by atoms with Gasteiger partial charge in [-0.05, 0) is 6.07 Å². The molecule has 1 amide bonds. The molecule has 1 aromatic heterocycles. The average Bonchev–Trinajstić information content (AvgIpc) is 2.67. The van der Waals surface area contributed by atoms with Gasteiger partial charge in [0.2, 0.25) is 11.5 Å². The maximum absolute atomic E-state index is 13.2. The number of fused-ring (bicyclic) bond motifs is 1. The fraction of sp³-hybridized carbons (Fsp3) is 0.0526. The van der Waals surface area contributed by atoms with Crippen LogP contribution in [-0.4, -0.2) is 16.1 Å². The van der Waals surface area contributed by atoms with Crippen LogP contribution in [-0.2, 0) is 10.4 Å². The van der Waals surface area contributed by atoms with E-state index in [1.54, 1.807) is 24.3 Å². The first-order valence-electron chi connectivity index (χ1n) is 7.62. The summed E-state index contributed by atoms with van der Waals surface area (Å²) >= 11 is 5.93. The van der Waals surface area contributed by atoms with Gasteiger partial charge in [0, 0.05) is 17.3 Å². The molecule has 25 heavy (non-hydrogen) atoms. The number of benzene rings is 2. The van der Waals surface area contributed by atoms with Crippen LogP contribution in [0.1, 0.15) is 11.1 Å². The Balaban J connectivity index is 1.99. The van der Waals surface area contributed by atoms with E-state index in [2.05, 4.69) is 4.98 Å². The molecule has 0 bridgehead atoms. The molecule has 1 N–H and O–H groups in total. The van der Waals surface area contributed by atoms with Gasteiger partial charge >= 0.3 is 5.91 Å². The average molecular weight is 353 g/mol. The summed E-state index contributed by atoms with van der Waals surface area (Å²) < 4.78 is 6.11. The van der Waals surface area contributed by atoms with E-state index < -0.39 is 11.5 Å². The van der Waals surface area contributed by atoms with Gasteiger partial charge in [0.25, 0.3) is 0 Å². The third-order valence-corrected chi connectivity index (χ3v) is 4.34. The zero-order valence-electron chi connectivity index (χ0n) is 13.0. The molecule has 5 nitrogen and oxygen atoms in total. The first-order chi connectivity index (χ1) is 12.1. The van der Waals surface area contributed by atoms with Crippen LogP contribution in [0.2, 0.25) is 5.02 Å². The van der Waals surface area contributed by atoms with E-state index in [-0.39, 0.29) is 11.6 Å². The number of amides is 1. The number of ether oxygens (including phenoxy) is 1. The smallest absolute Gasteiger partial charge is 0.304 e. The second-order valence-electron chi connectivity index (χ2n) is 5.61. The van der Waals surface area contributed by atoms with Crippen molar-refractivity contribution in [1.29, 1.82) is 0 Å². The fourth-order valence-corrected chi connectivity index (χ4v) is 3.12. The van der Waals surface area contributed by atoms with E-state index in [9.17, 15) is 10.0 Å². The van der Waals surface area contributed by atoms with Crippen LogP contribution in [0, 0.1) is 0 Å². The predicted octanol–water partition coefficient (Wildman–Crippen LogP) is 3.79. The Morgan fingerprint density at radius 1 is 1.00 bits per heavy atom. The molecule has 0 unspecified atom stereocenters. The minimum atomic E-state index is -1.54. The van der Waals surface area contributed by atoms with Gasteiger partial charge in [0.05, 0.1) is 5.02 Å².